The second-order valence-corrected chi connectivity index (χ2v) is 4.55. The average molecular weight is 245 g/mol. The first-order chi connectivity index (χ1) is 9.34. The number of benzene rings is 2. The fourth-order valence-corrected chi connectivity index (χ4v) is 2.25. The van der Waals surface area contributed by atoms with Gasteiger partial charge in [-0.3, -0.25) is 0 Å². The van der Waals surface area contributed by atoms with Crippen LogP contribution in [0.1, 0.15) is 18.1 Å². The summed E-state index contributed by atoms with van der Waals surface area (Å²) in [4.78, 5) is 0. The molecule has 0 bridgehead atoms. The first-order valence-electron chi connectivity index (χ1n) is 6.40. The van der Waals surface area contributed by atoms with Gasteiger partial charge in [0.25, 0.3) is 0 Å². The SMILES string of the molecule is CC1=C=CC=C(Nc2ccccc2)c2ccccc21. The van der Waals surface area contributed by atoms with Crippen LogP contribution in [-0.4, -0.2) is 0 Å². The van der Waals surface area contributed by atoms with Gasteiger partial charge in [-0.05, 0) is 42.3 Å². The third-order valence-electron chi connectivity index (χ3n) is 3.22. The molecule has 0 spiro atoms. The Hall–Kier alpha value is -2.50. The Kier molecular flexibility index (Phi) is 3.06. The Morgan fingerprint density at radius 1 is 0.842 bits per heavy atom. The van der Waals surface area contributed by atoms with E-state index in [0.29, 0.717) is 0 Å². The highest BCUT2D eigenvalue weighted by Gasteiger charge is 2.10. The molecule has 0 saturated carbocycles. The van der Waals surface area contributed by atoms with E-state index < -0.39 is 0 Å². The van der Waals surface area contributed by atoms with Crippen LogP contribution >= 0.6 is 0 Å². The van der Waals surface area contributed by atoms with Crippen molar-refractivity contribution in [1.82, 2.24) is 0 Å². The first kappa shape index (κ1) is 11.6. The van der Waals surface area contributed by atoms with Crippen LogP contribution in [0, 0.1) is 0 Å². The van der Waals surface area contributed by atoms with Gasteiger partial charge in [0.15, 0.2) is 0 Å². The second-order valence-electron chi connectivity index (χ2n) is 4.55. The molecule has 1 aliphatic carbocycles. The van der Waals surface area contributed by atoms with Crippen molar-refractivity contribution in [2.75, 3.05) is 5.32 Å². The van der Waals surface area contributed by atoms with Gasteiger partial charge in [-0.15, -0.1) is 5.73 Å². The van der Waals surface area contributed by atoms with E-state index in [0.717, 1.165) is 17.0 Å². The van der Waals surface area contributed by atoms with Crippen molar-refractivity contribution in [3.8, 4) is 0 Å². The van der Waals surface area contributed by atoms with Gasteiger partial charge < -0.3 is 5.32 Å². The quantitative estimate of drug-likeness (QED) is 0.755. The lowest BCUT2D eigenvalue weighted by Crippen LogP contribution is -2.00. The highest BCUT2D eigenvalue weighted by Crippen LogP contribution is 2.27. The molecule has 1 nitrogen and oxygen atoms in total. The zero-order valence-electron chi connectivity index (χ0n) is 10.9. The molecule has 0 unspecified atom stereocenters. The average Bonchev–Trinajstić information content (AvgIpc) is 2.61. The van der Waals surface area contributed by atoms with Crippen LogP contribution in [0.25, 0.3) is 11.3 Å². The maximum Gasteiger partial charge on any atom is 0.0470 e. The highest BCUT2D eigenvalue weighted by atomic mass is 14.9. The summed E-state index contributed by atoms with van der Waals surface area (Å²) >= 11 is 0. The number of hydrogen-bond donors (Lipinski definition) is 1. The van der Waals surface area contributed by atoms with Crippen molar-refractivity contribution < 1.29 is 0 Å². The summed E-state index contributed by atoms with van der Waals surface area (Å²) in [5.41, 5.74) is 9.09. The van der Waals surface area contributed by atoms with Crippen molar-refractivity contribution in [2.45, 2.75) is 6.92 Å². The number of hydrogen-bond acceptors (Lipinski definition) is 1. The van der Waals surface area contributed by atoms with E-state index >= 15 is 0 Å². The molecule has 19 heavy (non-hydrogen) atoms. The lowest BCUT2D eigenvalue weighted by atomic mass is 10.00. The Morgan fingerprint density at radius 3 is 2.32 bits per heavy atom. The largest absolute Gasteiger partial charge is 0.355 e. The van der Waals surface area contributed by atoms with Crippen LogP contribution in [-0.2, 0) is 0 Å². The van der Waals surface area contributed by atoms with Crippen molar-refractivity contribution in [1.29, 1.82) is 0 Å². The molecular weight excluding hydrogens is 230 g/mol. The maximum atomic E-state index is 3.47. The molecule has 2 aromatic carbocycles. The van der Waals surface area contributed by atoms with Crippen molar-refractivity contribution >= 4 is 17.0 Å². The molecule has 0 aromatic heterocycles. The van der Waals surface area contributed by atoms with Crippen LogP contribution in [0.2, 0.25) is 0 Å². The molecule has 0 aliphatic heterocycles. The lowest BCUT2D eigenvalue weighted by Gasteiger charge is -2.13. The zero-order valence-corrected chi connectivity index (χ0v) is 10.9. The topological polar surface area (TPSA) is 12.0 Å². The molecule has 0 heterocycles. The molecule has 0 radical (unpaired) electrons. The predicted molar refractivity (Wildman–Crippen MR) is 81.6 cm³/mol. The normalized spacial score (nSPS) is 13.1. The minimum Gasteiger partial charge on any atom is -0.355 e. The first-order valence-corrected chi connectivity index (χ1v) is 6.40. The third-order valence-corrected chi connectivity index (χ3v) is 3.22. The van der Waals surface area contributed by atoms with Crippen LogP contribution in [0.3, 0.4) is 0 Å². The summed E-state index contributed by atoms with van der Waals surface area (Å²) < 4.78 is 0. The molecule has 92 valence electrons. The van der Waals surface area contributed by atoms with E-state index in [2.05, 4.69) is 60.4 Å². The van der Waals surface area contributed by atoms with Gasteiger partial charge in [0, 0.05) is 16.9 Å². The van der Waals surface area contributed by atoms with E-state index in [-0.39, 0.29) is 0 Å². The molecule has 0 fully saturated rings. The van der Waals surface area contributed by atoms with Crippen molar-refractivity contribution in [3.63, 3.8) is 0 Å². The highest BCUT2D eigenvalue weighted by molar-refractivity contribution is 5.86. The molecular formula is C18H15N. The molecule has 0 atom stereocenters. The summed E-state index contributed by atoms with van der Waals surface area (Å²) in [5, 5.41) is 3.47. The Balaban J connectivity index is 2.04. The van der Waals surface area contributed by atoms with Crippen LogP contribution in [0.5, 0.6) is 0 Å². The Bertz CT molecular complexity index is 687. The number of nitrogens with one attached hydrogen (secondary N) is 1. The number of anilines is 1. The fraction of sp³-hybridized carbons (Fsp3) is 0.0556. The van der Waals surface area contributed by atoms with Gasteiger partial charge in [-0.2, -0.15) is 0 Å². The molecule has 1 N–H and O–H groups in total. The molecule has 2 aromatic rings. The van der Waals surface area contributed by atoms with Gasteiger partial charge in [-0.1, -0.05) is 42.5 Å². The molecule has 0 saturated heterocycles. The molecule has 1 heteroatoms. The molecule has 0 amide bonds. The number of allylic oxidation sites excluding steroid dienone is 2. The predicted octanol–water partition coefficient (Wildman–Crippen LogP) is 4.71. The van der Waals surface area contributed by atoms with Gasteiger partial charge in [0.2, 0.25) is 0 Å². The smallest absolute Gasteiger partial charge is 0.0470 e. The standard InChI is InChI=1S/C18H15N/c1-14-8-7-13-18(17-12-6-5-11-16(14)17)19-15-9-3-2-4-10-15/h2-7,9-13,19H,1H3. The molecule has 3 rings (SSSR count). The van der Waals surface area contributed by atoms with E-state index in [1.165, 1.54) is 11.1 Å². The van der Waals surface area contributed by atoms with Crippen LogP contribution in [0.15, 0.2) is 72.5 Å². The van der Waals surface area contributed by atoms with Gasteiger partial charge in [-0.25, -0.2) is 0 Å². The van der Waals surface area contributed by atoms with Crippen LogP contribution in [0.4, 0.5) is 5.69 Å². The van der Waals surface area contributed by atoms with E-state index in [1.807, 2.05) is 24.3 Å². The monoisotopic (exact) mass is 245 g/mol. The minimum atomic E-state index is 1.09. The zero-order chi connectivity index (χ0) is 13.1. The molecule has 1 aliphatic rings. The lowest BCUT2D eigenvalue weighted by molar-refractivity contribution is 1.48. The third kappa shape index (κ3) is 2.37. The maximum absolute atomic E-state index is 3.47. The Labute approximate surface area is 113 Å². The summed E-state index contributed by atoms with van der Waals surface area (Å²) in [6.45, 7) is 2.09. The van der Waals surface area contributed by atoms with E-state index in [4.69, 9.17) is 0 Å². The summed E-state index contributed by atoms with van der Waals surface area (Å²) in [6.07, 6.45) is 4.04. The van der Waals surface area contributed by atoms with E-state index in [9.17, 15) is 0 Å². The fourth-order valence-electron chi connectivity index (χ4n) is 2.25. The van der Waals surface area contributed by atoms with Crippen molar-refractivity contribution in [2.24, 2.45) is 0 Å². The number of fused-ring (bicyclic) bond motifs is 1. The van der Waals surface area contributed by atoms with E-state index in [1.54, 1.807) is 0 Å². The minimum absolute atomic E-state index is 1.09. The van der Waals surface area contributed by atoms with Crippen molar-refractivity contribution in [3.05, 3.63) is 83.6 Å². The van der Waals surface area contributed by atoms with Gasteiger partial charge in [0.1, 0.15) is 0 Å². The second kappa shape index (κ2) is 5.01. The Morgan fingerprint density at radius 2 is 1.53 bits per heavy atom. The summed E-state index contributed by atoms with van der Waals surface area (Å²) in [6, 6.07) is 18.6. The summed E-state index contributed by atoms with van der Waals surface area (Å²) in [5.74, 6) is 0. The number of para-hydroxylation sites is 1. The summed E-state index contributed by atoms with van der Waals surface area (Å²) in [7, 11) is 0. The van der Waals surface area contributed by atoms with Crippen LogP contribution < -0.4 is 5.32 Å². The number of rotatable bonds is 2. The van der Waals surface area contributed by atoms with Gasteiger partial charge >= 0.3 is 0 Å². The van der Waals surface area contributed by atoms with Gasteiger partial charge in [0.05, 0.1) is 0 Å².